The average molecular weight is 413 g/mol. The van der Waals surface area contributed by atoms with Crippen LogP contribution < -0.4 is 0 Å². The number of carbonyl (C=O) groups is 2. The van der Waals surface area contributed by atoms with Crippen LogP contribution in [0.4, 0.5) is 0 Å². The number of carbonyl (C=O) groups excluding carboxylic acids is 2. The molecule has 2 saturated heterocycles. The number of likely N-dealkylation sites (tertiary alicyclic amines) is 1. The van der Waals surface area contributed by atoms with E-state index in [0.29, 0.717) is 31.9 Å². The molecule has 4 rings (SSSR count). The highest BCUT2D eigenvalue weighted by Crippen LogP contribution is 2.40. The van der Waals surface area contributed by atoms with Crippen LogP contribution in [0.1, 0.15) is 22.0 Å². The molecular weight excluding hydrogens is 388 g/mol. The standard InChI is InChI=1S/C22H24N2O4S/c1-15-4-6-16(7-5-15)20(25)18-19(17-3-2-14-29-17)24(22(27)21(18)26)9-8-23-10-12-28-13-11-23/h2-7,14,19,25H,8-13H2,1H3/b20-18+/t19-/m1/s1. The van der Waals surface area contributed by atoms with Crippen LogP contribution in [0.3, 0.4) is 0 Å². The summed E-state index contributed by atoms with van der Waals surface area (Å²) >= 11 is 1.48. The topological polar surface area (TPSA) is 70.1 Å². The normalized spacial score (nSPS) is 22.4. The van der Waals surface area contributed by atoms with Gasteiger partial charge in [-0.3, -0.25) is 14.5 Å². The van der Waals surface area contributed by atoms with E-state index in [1.807, 2.05) is 36.6 Å². The summed E-state index contributed by atoms with van der Waals surface area (Å²) in [6, 6.07) is 10.6. The molecule has 2 aliphatic heterocycles. The van der Waals surface area contributed by atoms with Gasteiger partial charge in [0.2, 0.25) is 0 Å². The molecule has 0 radical (unpaired) electrons. The number of aliphatic hydroxyl groups is 1. The summed E-state index contributed by atoms with van der Waals surface area (Å²) in [5, 5.41) is 12.9. The average Bonchev–Trinajstić information content (AvgIpc) is 3.35. The smallest absolute Gasteiger partial charge is 0.295 e. The van der Waals surface area contributed by atoms with Crippen molar-refractivity contribution in [3.63, 3.8) is 0 Å². The molecule has 3 heterocycles. The van der Waals surface area contributed by atoms with E-state index in [2.05, 4.69) is 4.90 Å². The third kappa shape index (κ3) is 3.99. The molecule has 152 valence electrons. The van der Waals surface area contributed by atoms with E-state index in [1.165, 1.54) is 11.3 Å². The van der Waals surface area contributed by atoms with Crippen molar-refractivity contribution in [1.29, 1.82) is 0 Å². The zero-order chi connectivity index (χ0) is 20.4. The number of hydrogen-bond donors (Lipinski definition) is 1. The second-order valence-electron chi connectivity index (χ2n) is 7.33. The molecule has 2 aromatic rings. The molecular formula is C22H24N2O4S. The van der Waals surface area contributed by atoms with Crippen molar-refractivity contribution < 1.29 is 19.4 Å². The maximum absolute atomic E-state index is 12.9. The molecule has 0 bridgehead atoms. The zero-order valence-corrected chi connectivity index (χ0v) is 17.2. The van der Waals surface area contributed by atoms with Crippen molar-refractivity contribution in [2.75, 3.05) is 39.4 Å². The number of aliphatic hydroxyl groups excluding tert-OH is 1. The van der Waals surface area contributed by atoms with E-state index in [0.717, 1.165) is 23.5 Å². The first-order chi connectivity index (χ1) is 14.1. The Hall–Kier alpha value is -2.48. The predicted octanol–water partition coefficient (Wildman–Crippen LogP) is 2.81. The van der Waals surface area contributed by atoms with Crippen LogP contribution in [0, 0.1) is 6.92 Å². The van der Waals surface area contributed by atoms with E-state index in [1.54, 1.807) is 17.0 Å². The van der Waals surface area contributed by atoms with Crippen LogP contribution in [0.15, 0.2) is 47.4 Å². The minimum atomic E-state index is -0.622. The molecule has 1 N–H and O–H groups in total. The fraction of sp³-hybridized carbons (Fsp3) is 0.364. The van der Waals surface area contributed by atoms with Crippen molar-refractivity contribution in [1.82, 2.24) is 9.80 Å². The quantitative estimate of drug-likeness (QED) is 0.465. The van der Waals surface area contributed by atoms with E-state index < -0.39 is 17.7 Å². The number of morpholine rings is 1. The van der Waals surface area contributed by atoms with Gasteiger partial charge in [0.15, 0.2) is 0 Å². The molecule has 0 aliphatic carbocycles. The number of ketones is 1. The minimum absolute atomic E-state index is 0.115. The molecule has 2 fully saturated rings. The van der Waals surface area contributed by atoms with E-state index >= 15 is 0 Å². The van der Waals surface area contributed by atoms with Gasteiger partial charge in [-0.25, -0.2) is 0 Å². The second-order valence-corrected chi connectivity index (χ2v) is 8.31. The van der Waals surface area contributed by atoms with Gasteiger partial charge in [0.1, 0.15) is 5.76 Å². The zero-order valence-electron chi connectivity index (χ0n) is 16.3. The van der Waals surface area contributed by atoms with Gasteiger partial charge >= 0.3 is 0 Å². The van der Waals surface area contributed by atoms with Gasteiger partial charge < -0.3 is 14.7 Å². The lowest BCUT2D eigenvalue weighted by Crippen LogP contribution is -2.42. The molecule has 1 atom stereocenters. The maximum Gasteiger partial charge on any atom is 0.295 e. The number of benzene rings is 1. The number of rotatable bonds is 5. The van der Waals surface area contributed by atoms with Gasteiger partial charge in [0.25, 0.3) is 11.7 Å². The molecule has 0 spiro atoms. The van der Waals surface area contributed by atoms with Crippen molar-refractivity contribution in [3.8, 4) is 0 Å². The first-order valence-corrected chi connectivity index (χ1v) is 10.6. The van der Waals surface area contributed by atoms with Crippen molar-refractivity contribution >= 4 is 28.8 Å². The van der Waals surface area contributed by atoms with Gasteiger partial charge in [0.05, 0.1) is 24.8 Å². The van der Waals surface area contributed by atoms with Crippen LogP contribution in [0.25, 0.3) is 5.76 Å². The highest BCUT2D eigenvalue weighted by Gasteiger charge is 2.46. The van der Waals surface area contributed by atoms with Gasteiger partial charge in [-0.15, -0.1) is 11.3 Å². The molecule has 2 aliphatic rings. The number of thiophene rings is 1. The lowest BCUT2D eigenvalue weighted by atomic mass is 9.99. The number of ether oxygens (including phenoxy) is 1. The summed E-state index contributed by atoms with van der Waals surface area (Å²) in [4.78, 5) is 30.5. The summed E-state index contributed by atoms with van der Waals surface area (Å²) in [5.41, 5.74) is 1.77. The van der Waals surface area contributed by atoms with Crippen molar-refractivity contribution in [2.45, 2.75) is 13.0 Å². The number of amides is 1. The Kier molecular flexibility index (Phi) is 5.80. The first kappa shape index (κ1) is 19.8. The summed E-state index contributed by atoms with van der Waals surface area (Å²) in [6.07, 6.45) is 0. The minimum Gasteiger partial charge on any atom is -0.507 e. The Bertz CT molecular complexity index is 915. The SMILES string of the molecule is Cc1ccc(/C(O)=C2\C(=O)C(=O)N(CCN3CCOCC3)[C@@H]2c2cccs2)cc1. The largest absolute Gasteiger partial charge is 0.507 e. The summed E-state index contributed by atoms with van der Waals surface area (Å²) in [7, 11) is 0. The van der Waals surface area contributed by atoms with Crippen LogP contribution in [-0.2, 0) is 14.3 Å². The van der Waals surface area contributed by atoms with Crippen LogP contribution in [-0.4, -0.2) is 66.0 Å². The van der Waals surface area contributed by atoms with E-state index in [9.17, 15) is 14.7 Å². The molecule has 0 unspecified atom stereocenters. The molecule has 1 aromatic heterocycles. The predicted molar refractivity (Wildman–Crippen MR) is 112 cm³/mol. The highest BCUT2D eigenvalue weighted by atomic mass is 32.1. The number of nitrogens with zero attached hydrogens (tertiary/aromatic N) is 2. The molecule has 0 saturated carbocycles. The van der Waals surface area contributed by atoms with Crippen molar-refractivity contribution in [3.05, 3.63) is 63.4 Å². The Morgan fingerprint density at radius 1 is 1.14 bits per heavy atom. The highest BCUT2D eigenvalue weighted by molar-refractivity contribution is 7.10. The monoisotopic (exact) mass is 412 g/mol. The maximum atomic E-state index is 12.9. The number of Topliss-reactive ketones (excluding diaryl/α,β-unsaturated/α-hetero) is 1. The lowest BCUT2D eigenvalue weighted by Gasteiger charge is -2.30. The van der Waals surface area contributed by atoms with Gasteiger partial charge in [-0.2, -0.15) is 0 Å². The Balaban J connectivity index is 1.68. The fourth-order valence-corrected chi connectivity index (χ4v) is 4.64. The summed E-state index contributed by atoms with van der Waals surface area (Å²) in [5.74, 6) is -1.29. The van der Waals surface area contributed by atoms with E-state index in [-0.39, 0.29) is 11.3 Å². The van der Waals surface area contributed by atoms with Crippen LogP contribution in [0.5, 0.6) is 0 Å². The van der Waals surface area contributed by atoms with Gasteiger partial charge in [-0.05, 0) is 18.4 Å². The van der Waals surface area contributed by atoms with Gasteiger partial charge in [-0.1, -0.05) is 35.9 Å². The molecule has 29 heavy (non-hydrogen) atoms. The number of aryl methyl sites for hydroxylation is 1. The number of hydrogen-bond acceptors (Lipinski definition) is 6. The van der Waals surface area contributed by atoms with E-state index in [4.69, 9.17) is 4.74 Å². The Morgan fingerprint density at radius 3 is 2.52 bits per heavy atom. The third-order valence-electron chi connectivity index (χ3n) is 5.44. The molecule has 7 heteroatoms. The second kappa shape index (κ2) is 8.49. The van der Waals surface area contributed by atoms with Gasteiger partial charge in [0, 0.05) is 36.6 Å². The van der Waals surface area contributed by atoms with Crippen LogP contribution in [0.2, 0.25) is 0 Å². The third-order valence-corrected chi connectivity index (χ3v) is 6.36. The van der Waals surface area contributed by atoms with Crippen LogP contribution >= 0.6 is 11.3 Å². The Morgan fingerprint density at radius 2 is 1.86 bits per heavy atom. The Labute approximate surface area is 174 Å². The molecule has 1 aromatic carbocycles. The van der Waals surface area contributed by atoms with Crippen molar-refractivity contribution in [2.24, 2.45) is 0 Å². The fourth-order valence-electron chi connectivity index (χ4n) is 3.79. The first-order valence-electron chi connectivity index (χ1n) is 9.75. The molecule has 1 amide bonds. The molecule has 6 nitrogen and oxygen atoms in total. The summed E-state index contributed by atoms with van der Waals surface area (Å²) < 4.78 is 5.38. The lowest BCUT2D eigenvalue weighted by molar-refractivity contribution is -0.140. The summed E-state index contributed by atoms with van der Waals surface area (Å²) in [6.45, 7) is 6.05.